The average Bonchev–Trinajstić information content (AvgIpc) is 2.81. The molecule has 0 saturated heterocycles. The van der Waals surface area contributed by atoms with Crippen molar-refractivity contribution in [2.24, 2.45) is 0 Å². The molecule has 160 valence electrons. The van der Waals surface area contributed by atoms with E-state index < -0.39 is 0 Å². The van der Waals surface area contributed by atoms with E-state index in [1.165, 1.54) is 19.3 Å². The highest BCUT2D eigenvalue weighted by molar-refractivity contribution is 9.10. The minimum absolute atomic E-state index is 0.0546. The van der Waals surface area contributed by atoms with Crippen molar-refractivity contribution in [2.45, 2.75) is 57.5 Å². The number of aromatic nitrogens is 3. The topological polar surface area (TPSA) is 61.9 Å². The zero-order chi connectivity index (χ0) is 21.2. The molecule has 1 aliphatic heterocycles. The molecule has 1 N–H and O–H groups in total. The largest absolute Gasteiger partial charge is 0.310 e. The van der Waals surface area contributed by atoms with Gasteiger partial charge in [-0.15, -0.1) is 0 Å². The molecule has 0 amide bonds. The van der Waals surface area contributed by atoms with Gasteiger partial charge in [-0.05, 0) is 36.6 Å². The highest BCUT2D eigenvalue weighted by Gasteiger charge is 2.24. The Morgan fingerprint density at radius 2 is 1.87 bits per heavy atom. The van der Waals surface area contributed by atoms with Crippen molar-refractivity contribution in [2.75, 3.05) is 6.54 Å². The van der Waals surface area contributed by atoms with Crippen molar-refractivity contribution in [1.82, 2.24) is 19.9 Å². The third-order valence-electron chi connectivity index (χ3n) is 6.53. The highest BCUT2D eigenvalue weighted by Crippen LogP contribution is 2.31. The van der Waals surface area contributed by atoms with Gasteiger partial charge in [-0.1, -0.05) is 53.4 Å². The van der Waals surface area contributed by atoms with E-state index in [2.05, 4.69) is 55.1 Å². The van der Waals surface area contributed by atoms with Crippen LogP contribution in [-0.4, -0.2) is 26.4 Å². The molecule has 31 heavy (non-hydrogen) atoms. The number of benzene rings is 1. The van der Waals surface area contributed by atoms with Gasteiger partial charge in [-0.2, -0.15) is 0 Å². The summed E-state index contributed by atoms with van der Waals surface area (Å²) in [5.74, 6) is 1.35. The number of nitrogens with zero attached hydrogens (tertiary/aromatic N) is 3. The van der Waals surface area contributed by atoms with Gasteiger partial charge in [-0.3, -0.25) is 14.7 Å². The van der Waals surface area contributed by atoms with Gasteiger partial charge in [0, 0.05) is 48.2 Å². The van der Waals surface area contributed by atoms with E-state index in [1.54, 1.807) is 0 Å². The summed E-state index contributed by atoms with van der Waals surface area (Å²) in [6.45, 7) is 2.36. The van der Waals surface area contributed by atoms with Gasteiger partial charge in [0.2, 0.25) is 0 Å². The first-order valence-corrected chi connectivity index (χ1v) is 12.0. The van der Waals surface area contributed by atoms with Crippen LogP contribution in [0.25, 0.3) is 11.3 Å². The second kappa shape index (κ2) is 9.05. The Labute approximate surface area is 191 Å². The smallest absolute Gasteiger partial charge is 0.255 e. The number of aromatic amines is 1. The van der Waals surface area contributed by atoms with Gasteiger partial charge in [-0.25, -0.2) is 4.98 Å². The molecule has 3 aromatic rings. The maximum absolute atomic E-state index is 12.8. The average molecular weight is 479 g/mol. The van der Waals surface area contributed by atoms with Crippen LogP contribution in [-0.2, 0) is 19.5 Å². The number of H-pyrrole nitrogens is 1. The second-order valence-electron chi connectivity index (χ2n) is 8.73. The molecule has 6 heteroatoms. The number of halogens is 1. The molecule has 1 aliphatic carbocycles. The lowest BCUT2D eigenvalue weighted by Crippen LogP contribution is -2.36. The zero-order valence-electron chi connectivity index (χ0n) is 17.6. The summed E-state index contributed by atoms with van der Waals surface area (Å²) in [5.41, 5.74) is 5.13. The zero-order valence-corrected chi connectivity index (χ0v) is 19.2. The normalized spacial score (nSPS) is 17.5. The summed E-state index contributed by atoms with van der Waals surface area (Å²) < 4.78 is 1.06. The lowest BCUT2D eigenvalue weighted by molar-refractivity contribution is 0.240. The van der Waals surface area contributed by atoms with Gasteiger partial charge in [0.05, 0.1) is 17.0 Å². The minimum Gasteiger partial charge on any atom is -0.310 e. The fourth-order valence-corrected chi connectivity index (χ4v) is 5.04. The standard InChI is InChI=1S/C25H27BrN4O/c26-20-9-7-18(8-10-20)22-11-6-17(14-27-22)15-30-13-12-23-21(16-30)25(31)29-24(28-23)19-4-2-1-3-5-19/h6-11,14,19H,1-5,12-13,15-16H2,(H,28,29,31). The predicted molar refractivity (Wildman–Crippen MR) is 126 cm³/mol. The number of fused-ring (bicyclic) bond motifs is 1. The number of hydrogen-bond acceptors (Lipinski definition) is 4. The van der Waals surface area contributed by atoms with E-state index in [9.17, 15) is 4.79 Å². The third kappa shape index (κ3) is 4.65. The SMILES string of the molecule is O=c1[nH]c(C2CCCCC2)nc2c1CN(Cc1ccc(-c3ccc(Br)cc3)nc1)CC2. The van der Waals surface area contributed by atoms with E-state index in [-0.39, 0.29) is 5.56 Å². The Morgan fingerprint density at radius 1 is 1.06 bits per heavy atom. The van der Waals surface area contributed by atoms with Gasteiger partial charge in [0.15, 0.2) is 0 Å². The van der Waals surface area contributed by atoms with Crippen LogP contribution < -0.4 is 5.56 Å². The van der Waals surface area contributed by atoms with Crippen molar-refractivity contribution < 1.29 is 0 Å². The minimum atomic E-state index is 0.0546. The molecule has 2 aromatic heterocycles. The highest BCUT2D eigenvalue weighted by atomic mass is 79.9. The van der Waals surface area contributed by atoms with E-state index >= 15 is 0 Å². The van der Waals surface area contributed by atoms with Crippen molar-refractivity contribution >= 4 is 15.9 Å². The van der Waals surface area contributed by atoms with Gasteiger partial charge in [0.1, 0.15) is 5.82 Å². The third-order valence-corrected chi connectivity index (χ3v) is 7.06. The lowest BCUT2D eigenvalue weighted by Gasteiger charge is -2.28. The van der Waals surface area contributed by atoms with E-state index in [0.717, 1.165) is 70.7 Å². The van der Waals surface area contributed by atoms with Crippen LogP contribution in [0.3, 0.4) is 0 Å². The summed E-state index contributed by atoms with van der Waals surface area (Å²) in [4.78, 5) is 27.8. The summed E-state index contributed by atoms with van der Waals surface area (Å²) >= 11 is 3.47. The molecule has 0 atom stereocenters. The molecule has 1 fully saturated rings. The Morgan fingerprint density at radius 3 is 2.61 bits per heavy atom. The molecule has 0 unspecified atom stereocenters. The number of nitrogens with one attached hydrogen (secondary N) is 1. The summed E-state index contributed by atoms with van der Waals surface area (Å²) in [6.07, 6.45) is 8.88. The van der Waals surface area contributed by atoms with Crippen LogP contribution in [0, 0.1) is 0 Å². The van der Waals surface area contributed by atoms with E-state index in [1.807, 2.05) is 18.3 Å². The molecule has 0 spiro atoms. The first-order valence-electron chi connectivity index (χ1n) is 11.2. The summed E-state index contributed by atoms with van der Waals surface area (Å²) in [5, 5.41) is 0. The lowest BCUT2D eigenvalue weighted by atomic mass is 9.88. The van der Waals surface area contributed by atoms with Crippen LogP contribution >= 0.6 is 15.9 Å². The Hall–Kier alpha value is -2.31. The van der Waals surface area contributed by atoms with Crippen LogP contribution in [0.4, 0.5) is 0 Å². The molecule has 0 bridgehead atoms. The number of pyridine rings is 1. The van der Waals surface area contributed by atoms with Crippen LogP contribution in [0.1, 0.15) is 60.7 Å². The van der Waals surface area contributed by atoms with Crippen LogP contribution in [0.5, 0.6) is 0 Å². The molecule has 5 nitrogen and oxygen atoms in total. The molecule has 0 radical (unpaired) electrons. The number of rotatable bonds is 4. The summed E-state index contributed by atoms with van der Waals surface area (Å²) in [6, 6.07) is 12.4. The maximum Gasteiger partial charge on any atom is 0.255 e. The molecule has 1 saturated carbocycles. The molecular weight excluding hydrogens is 452 g/mol. The van der Waals surface area contributed by atoms with Crippen molar-refractivity contribution in [1.29, 1.82) is 0 Å². The van der Waals surface area contributed by atoms with Crippen molar-refractivity contribution in [3.05, 3.63) is 80.1 Å². The van der Waals surface area contributed by atoms with Gasteiger partial charge >= 0.3 is 0 Å². The quantitative estimate of drug-likeness (QED) is 0.559. The maximum atomic E-state index is 12.8. The predicted octanol–water partition coefficient (Wildman–Crippen LogP) is 5.20. The fourth-order valence-electron chi connectivity index (χ4n) is 4.77. The Bertz CT molecular complexity index is 1100. The molecule has 1 aromatic carbocycles. The fraction of sp³-hybridized carbons (Fsp3) is 0.400. The summed E-state index contributed by atoms with van der Waals surface area (Å²) in [7, 11) is 0. The van der Waals surface area contributed by atoms with E-state index in [0.29, 0.717) is 12.5 Å². The Kier molecular flexibility index (Phi) is 6.01. The van der Waals surface area contributed by atoms with Crippen LogP contribution in [0.2, 0.25) is 0 Å². The molecule has 5 rings (SSSR count). The van der Waals surface area contributed by atoms with Crippen LogP contribution in [0.15, 0.2) is 51.9 Å². The monoisotopic (exact) mass is 478 g/mol. The first kappa shape index (κ1) is 20.6. The van der Waals surface area contributed by atoms with Gasteiger partial charge < -0.3 is 4.98 Å². The second-order valence-corrected chi connectivity index (χ2v) is 9.65. The van der Waals surface area contributed by atoms with Gasteiger partial charge in [0.25, 0.3) is 5.56 Å². The Balaban J connectivity index is 1.27. The van der Waals surface area contributed by atoms with E-state index in [4.69, 9.17) is 4.98 Å². The first-order chi connectivity index (χ1) is 15.2. The number of hydrogen-bond donors (Lipinski definition) is 1. The van der Waals surface area contributed by atoms with Crippen molar-refractivity contribution in [3.8, 4) is 11.3 Å². The molecular formula is C25H27BrN4O. The molecule has 3 heterocycles. The molecule has 2 aliphatic rings. The van der Waals surface area contributed by atoms with Crippen molar-refractivity contribution in [3.63, 3.8) is 0 Å².